The molecule has 5 rings (SSSR count). The largest absolute Gasteiger partial charge is 0.322 e. The molecule has 0 aromatic heterocycles. The number of rotatable bonds is 7. The van der Waals surface area contributed by atoms with Crippen LogP contribution < -0.4 is 10.0 Å². The zero-order valence-corrected chi connectivity index (χ0v) is 18.8. The fourth-order valence-corrected chi connectivity index (χ4v) is 5.12. The molecular formula is C25H21N3O5S. The van der Waals surface area contributed by atoms with Gasteiger partial charge in [0.05, 0.1) is 22.6 Å². The summed E-state index contributed by atoms with van der Waals surface area (Å²) < 4.78 is 27.5. The van der Waals surface area contributed by atoms with Gasteiger partial charge in [0.1, 0.15) is 0 Å². The number of fused-ring (bicyclic) bond motifs is 1. The first kappa shape index (κ1) is 22.0. The Morgan fingerprint density at radius 1 is 0.882 bits per heavy atom. The second kappa shape index (κ2) is 8.51. The van der Waals surface area contributed by atoms with Crippen LogP contribution in [0.25, 0.3) is 0 Å². The van der Waals surface area contributed by atoms with E-state index in [0.717, 1.165) is 23.3 Å². The summed E-state index contributed by atoms with van der Waals surface area (Å²) in [5.41, 5.74) is 1.72. The molecule has 1 heterocycles. The molecule has 0 bridgehead atoms. The molecule has 1 fully saturated rings. The molecule has 2 aliphatic rings. The number of benzene rings is 3. The third kappa shape index (κ3) is 4.35. The van der Waals surface area contributed by atoms with Gasteiger partial charge in [-0.1, -0.05) is 36.4 Å². The minimum absolute atomic E-state index is 0.0311. The Balaban J connectivity index is 1.34. The van der Waals surface area contributed by atoms with Crippen molar-refractivity contribution in [2.75, 3.05) is 5.32 Å². The molecular weight excluding hydrogens is 454 g/mol. The maximum absolute atomic E-state index is 12.9. The van der Waals surface area contributed by atoms with Crippen molar-refractivity contribution in [1.82, 2.24) is 9.62 Å². The Labute approximate surface area is 196 Å². The fraction of sp³-hybridized carbons (Fsp3) is 0.160. The summed E-state index contributed by atoms with van der Waals surface area (Å²) >= 11 is 0. The first-order chi connectivity index (χ1) is 16.3. The van der Waals surface area contributed by atoms with Crippen molar-refractivity contribution < 1.29 is 22.8 Å². The number of sulfonamides is 1. The number of hydrogen-bond donors (Lipinski definition) is 2. The van der Waals surface area contributed by atoms with E-state index < -0.39 is 27.7 Å². The Morgan fingerprint density at radius 2 is 1.62 bits per heavy atom. The molecule has 1 aliphatic heterocycles. The first-order valence-electron chi connectivity index (χ1n) is 10.8. The average molecular weight is 476 g/mol. The van der Waals surface area contributed by atoms with Gasteiger partial charge in [-0.3, -0.25) is 19.3 Å². The summed E-state index contributed by atoms with van der Waals surface area (Å²) in [6, 6.07) is 19.4. The fourth-order valence-electron chi connectivity index (χ4n) is 3.77. The topological polar surface area (TPSA) is 113 Å². The molecule has 0 atom stereocenters. The van der Waals surface area contributed by atoms with E-state index in [1.54, 1.807) is 12.1 Å². The number of amides is 3. The highest BCUT2D eigenvalue weighted by molar-refractivity contribution is 7.89. The van der Waals surface area contributed by atoms with Gasteiger partial charge in [-0.05, 0) is 54.8 Å². The molecule has 3 amide bonds. The van der Waals surface area contributed by atoms with Gasteiger partial charge < -0.3 is 5.32 Å². The molecule has 3 aromatic rings. The number of carbonyl (C=O) groups excluding carboxylic acids is 3. The lowest BCUT2D eigenvalue weighted by Gasteiger charge is -2.13. The van der Waals surface area contributed by atoms with Crippen LogP contribution in [0.1, 0.15) is 49.5 Å². The molecule has 0 spiro atoms. The number of imide groups is 1. The van der Waals surface area contributed by atoms with E-state index >= 15 is 0 Å². The Morgan fingerprint density at radius 3 is 2.35 bits per heavy atom. The molecule has 1 saturated carbocycles. The highest BCUT2D eigenvalue weighted by atomic mass is 32.2. The third-order valence-electron chi connectivity index (χ3n) is 5.72. The van der Waals surface area contributed by atoms with Crippen LogP contribution in [0.15, 0.2) is 77.7 Å². The molecule has 3 aromatic carbocycles. The third-order valence-corrected chi connectivity index (χ3v) is 7.24. The van der Waals surface area contributed by atoms with Gasteiger partial charge >= 0.3 is 0 Å². The minimum atomic E-state index is -3.66. The first-order valence-corrected chi connectivity index (χ1v) is 12.3. The van der Waals surface area contributed by atoms with Crippen LogP contribution in [0.5, 0.6) is 0 Å². The van der Waals surface area contributed by atoms with Crippen LogP contribution in [-0.2, 0) is 16.6 Å². The van der Waals surface area contributed by atoms with Crippen LogP contribution >= 0.6 is 0 Å². The summed E-state index contributed by atoms with van der Waals surface area (Å²) in [7, 11) is -3.66. The molecule has 0 radical (unpaired) electrons. The maximum atomic E-state index is 12.9. The molecule has 8 nitrogen and oxygen atoms in total. The lowest BCUT2D eigenvalue weighted by Crippen LogP contribution is -2.29. The second-order valence-corrected chi connectivity index (χ2v) is 10.0. The van der Waals surface area contributed by atoms with Crippen molar-refractivity contribution in [2.45, 2.75) is 30.3 Å². The number of nitrogens with one attached hydrogen (secondary N) is 2. The highest BCUT2D eigenvalue weighted by Gasteiger charge is 2.36. The molecule has 2 N–H and O–H groups in total. The standard InChI is InChI=1S/C25H21N3O5S/c29-23(26-19-7-4-8-20(14-19)34(32,33)27-18-10-11-18)17-9-12-21-22(13-17)25(31)28(24(21)30)15-16-5-2-1-3-6-16/h1-9,12-14,18,27H,10-11,15H2,(H,26,29). The van der Waals surface area contributed by atoms with Gasteiger partial charge in [-0.25, -0.2) is 13.1 Å². The number of hydrogen-bond acceptors (Lipinski definition) is 5. The lowest BCUT2D eigenvalue weighted by molar-refractivity contribution is 0.0642. The van der Waals surface area contributed by atoms with E-state index in [9.17, 15) is 22.8 Å². The highest BCUT2D eigenvalue weighted by Crippen LogP contribution is 2.27. The summed E-state index contributed by atoms with van der Waals surface area (Å²) in [5.74, 6) is -1.39. The molecule has 34 heavy (non-hydrogen) atoms. The molecule has 0 saturated heterocycles. The summed E-state index contributed by atoms with van der Waals surface area (Å²) in [4.78, 5) is 39.7. The van der Waals surface area contributed by atoms with Crippen molar-refractivity contribution in [3.05, 3.63) is 95.1 Å². The molecule has 9 heteroatoms. The van der Waals surface area contributed by atoms with Crippen molar-refractivity contribution in [2.24, 2.45) is 0 Å². The van der Waals surface area contributed by atoms with Crippen LogP contribution in [0.2, 0.25) is 0 Å². The van der Waals surface area contributed by atoms with E-state index in [1.807, 2.05) is 30.3 Å². The zero-order valence-electron chi connectivity index (χ0n) is 18.0. The zero-order chi connectivity index (χ0) is 23.9. The molecule has 172 valence electrons. The van der Waals surface area contributed by atoms with E-state index in [1.165, 1.54) is 30.3 Å². The minimum Gasteiger partial charge on any atom is -0.322 e. The van der Waals surface area contributed by atoms with E-state index in [0.29, 0.717) is 5.69 Å². The Bertz CT molecular complexity index is 1420. The summed E-state index contributed by atoms with van der Waals surface area (Å²) in [6.45, 7) is 0.144. The van der Waals surface area contributed by atoms with Crippen molar-refractivity contribution in [1.29, 1.82) is 0 Å². The molecule has 0 unspecified atom stereocenters. The van der Waals surface area contributed by atoms with Gasteiger partial charge in [0.2, 0.25) is 10.0 Å². The van der Waals surface area contributed by atoms with Crippen molar-refractivity contribution in [3.63, 3.8) is 0 Å². The normalized spacial score (nSPS) is 15.4. The predicted octanol–water partition coefficient (Wildman–Crippen LogP) is 3.18. The van der Waals surface area contributed by atoms with Crippen LogP contribution in [0.3, 0.4) is 0 Å². The van der Waals surface area contributed by atoms with E-state index in [2.05, 4.69) is 10.0 Å². The van der Waals surface area contributed by atoms with Crippen molar-refractivity contribution in [3.8, 4) is 0 Å². The van der Waals surface area contributed by atoms with E-state index in [-0.39, 0.29) is 34.2 Å². The predicted molar refractivity (Wildman–Crippen MR) is 125 cm³/mol. The van der Waals surface area contributed by atoms with Gasteiger partial charge in [-0.15, -0.1) is 0 Å². The van der Waals surface area contributed by atoms with Gasteiger partial charge in [0, 0.05) is 17.3 Å². The van der Waals surface area contributed by atoms with Gasteiger partial charge in [-0.2, -0.15) is 0 Å². The van der Waals surface area contributed by atoms with Gasteiger partial charge in [0.25, 0.3) is 17.7 Å². The summed E-state index contributed by atoms with van der Waals surface area (Å²) in [5, 5.41) is 2.67. The monoisotopic (exact) mass is 475 g/mol. The number of anilines is 1. The smallest absolute Gasteiger partial charge is 0.261 e. The van der Waals surface area contributed by atoms with Crippen LogP contribution in [-0.4, -0.2) is 37.1 Å². The number of nitrogens with zero attached hydrogens (tertiary/aromatic N) is 1. The Hall–Kier alpha value is -3.82. The van der Waals surface area contributed by atoms with Gasteiger partial charge in [0.15, 0.2) is 0 Å². The van der Waals surface area contributed by atoms with Crippen LogP contribution in [0.4, 0.5) is 5.69 Å². The number of carbonyl (C=O) groups is 3. The second-order valence-electron chi connectivity index (χ2n) is 8.32. The maximum Gasteiger partial charge on any atom is 0.261 e. The molecule has 1 aliphatic carbocycles. The van der Waals surface area contributed by atoms with Crippen molar-refractivity contribution >= 4 is 33.4 Å². The average Bonchev–Trinajstić information content (AvgIpc) is 3.61. The van der Waals surface area contributed by atoms with E-state index in [4.69, 9.17) is 0 Å². The van der Waals surface area contributed by atoms with Crippen LogP contribution in [0, 0.1) is 0 Å². The quantitative estimate of drug-likeness (QED) is 0.510. The Kier molecular flexibility index (Phi) is 5.51. The summed E-state index contributed by atoms with van der Waals surface area (Å²) in [6.07, 6.45) is 1.63. The lowest BCUT2D eigenvalue weighted by atomic mass is 10.1. The SMILES string of the molecule is O=C(Nc1cccc(S(=O)(=O)NC2CC2)c1)c1ccc2c(c1)C(=O)N(Cc1ccccc1)C2=O.